The van der Waals surface area contributed by atoms with Crippen LogP contribution in [0.25, 0.3) is 0 Å². The zero-order valence-electron chi connectivity index (χ0n) is 8.40. The molecule has 0 unspecified atom stereocenters. The second kappa shape index (κ2) is 5.87. The molecule has 1 aromatic carbocycles. The summed E-state index contributed by atoms with van der Waals surface area (Å²) in [5.41, 5.74) is 0. The monoisotopic (exact) mass is 211 g/mol. The van der Waals surface area contributed by atoms with Crippen molar-refractivity contribution < 1.29 is 19.4 Å². The third-order valence-electron chi connectivity index (χ3n) is 1.65. The molecule has 0 bridgehead atoms. The Balaban J connectivity index is 2.46. The fourth-order valence-corrected chi connectivity index (χ4v) is 0.945. The summed E-state index contributed by atoms with van der Waals surface area (Å²) in [6.07, 6.45) is -0.589. The first-order valence-corrected chi connectivity index (χ1v) is 4.47. The highest BCUT2D eigenvalue weighted by Crippen LogP contribution is 2.16. The largest absolute Gasteiger partial charge is 0.497 e. The van der Waals surface area contributed by atoms with E-state index in [-0.39, 0.29) is 13.2 Å². The normalized spacial score (nSPS) is 9.47. The van der Waals surface area contributed by atoms with Crippen LogP contribution < -0.4 is 14.8 Å². The number of nitrogens with one attached hydrogen (secondary N) is 1. The molecule has 0 heterocycles. The van der Waals surface area contributed by atoms with Crippen LogP contribution in [0.1, 0.15) is 0 Å². The molecular formula is C10H13NO4. The first-order chi connectivity index (χ1) is 7.26. The van der Waals surface area contributed by atoms with Crippen molar-refractivity contribution in [1.29, 1.82) is 0 Å². The summed E-state index contributed by atoms with van der Waals surface area (Å²) in [6.45, 7) is 0.0622. The van der Waals surface area contributed by atoms with Crippen LogP contribution in [0, 0.1) is 0 Å². The summed E-state index contributed by atoms with van der Waals surface area (Å²) in [5.74, 6) is 1.12. The van der Waals surface area contributed by atoms with E-state index in [9.17, 15) is 4.79 Å². The number of hydrogen-bond donors (Lipinski definition) is 2. The van der Waals surface area contributed by atoms with Gasteiger partial charge in [0.25, 0.3) is 0 Å². The zero-order chi connectivity index (χ0) is 11.1. The Morgan fingerprint density at radius 2 is 1.93 bits per heavy atom. The van der Waals surface area contributed by atoms with Crippen molar-refractivity contribution >= 4 is 6.09 Å². The fourth-order valence-electron chi connectivity index (χ4n) is 0.945. The summed E-state index contributed by atoms with van der Waals surface area (Å²) in [4.78, 5) is 11.1. The van der Waals surface area contributed by atoms with Gasteiger partial charge in [-0.2, -0.15) is 0 Å². The minimum Gasteiger partial charge on any atom is -0.497 e. The Morgan fingerprint density at radius 1 is 1.33 bits per heavy atom. The highest BCUT2D eigenvalue weighted by atomic mass is 16.6. The number of aliphatic hydroxyl groups is 1. The Kier molecular flexibility index (Phi) is 4.43. The number of benzene rings is 1. The van der Waals surface area contributed by atoms with Gasteiger partial charge in [0.2, 0.25) is 0 Å². The number of amides is 1. The van der Waals surface area contributed by atoms with Crippen LogP contribution >= 0.6 is 0 Å². The summed E-state index contributed by atoms with van der Waals surface area (Å²) < 4.78 is 9.85. The Labute approximate surface area is 87.6 Å². The van der Waals surface area contributed by atoms with Crippen molar-refractivity contribution in [2.24, 2.45) is 0 Å². The van der Waals surface area contributed by atoms with Crippen molar-refractivity contribution in [2.45, 2.75) is 0 Å². The first-order valence-electron chi connectivity index (χ1n) is 4.47. The molecule has 1 aromatic rings. The maximum Gasteiger partial charge on any atom is 0.412 e. The van der Waals surface area contributed by atoms with Crippen LogP contribution in [0.4, 0.5) is 4.79 Å². The Hall–Kier alpha value is -1.75. The lowest BCUT2D eigenvalue weighted by Gasteiger charge is -2.05. The minimum absolute atomic E-state index is 0.113. The third-order valence-corrected chi connectivity index (χ3v) is 1.65. The molecule has 0 aromatic heterocycles. The van der Waals surface area contributed by atoms with Gasteiger partial charge in [0, 0.05) is 6.54 Å². The molecule has 0 aliphatic heterocycles. The van der Waals surface area contributed by atoms with Crippen molar-refractivity contribution in [1.82, 2.24) is 5.32 Å². The topological polar surface area (TPSA) is 67.8 Å². The molecule has 15 heavy (non-hydrogen) atoms. The molecule has 0 radical (unpaired) electrons. The average molecular weight is 211 g/mol. The number of rotatable bonds is 4. The zero-order valence-corrected chi connectivity index (χ0v) is 8.40. The fraction of sp³-hybridized carbons (Fsp3) is 0.300. The van der Waals surface area contributed by atoms with Gasteiger partial charge in [0.1, 0.15) is 11.5 Å². The second-order valence-electron chi connectivity index (χ2n) is 2.72. The van der Waals surface area contributed by atoms with Crippen LogP contribution in [-0.2, 0) is 0 Å². The second-order valence-corrected chi connectivity index (χ2v) is 2.72. The number of ether oxygens (including phenoxy) is 2. The molecule has 0 aliphatic rings. The number of methoxy groups -OCH3 is 1. The molecule has 0 aliphatic carbocycles. The van der Waals surface area contributed by atoms with E-state index >= 15 is 0 Å². The molecule has 0 fully saturated rings. The number of hydrogen-bond acceptors (Lipinski definition) is 4. The Bertz CT molecular complexity index is 310. The SMILES string of the molecule is COc1ccc(OC(=O)NCCO)cc1. The van der Waals surface area contributed by atoms with Crippen molar-refractivity contribution in [2.75, 3.05) is 20.3 Å². The van der Waals surface area contributed by atoms with E-state index in [0.29, 0.717) is 11.5 Å². The standard InChI is InChI=1S/C10H13NO4/c1-14-8-2-4-9(5-3-8)15-10(13)11-6-7-12/h2-5,12H,6-7H2,1H3,(H,11,13). The van der Waals surface area contributed by atoms with Crippen LogP contribution in [0.15, 0.2) is 24.3 Å². The van der Waals surface area contributed by atoms with Gasteiger partial charge < -0.3 is 19.9 Å². The predicted molar refractivity (Wildman–Crippen MR) is 54.1 cm³/mol. The van der Waals surface area contributed by atoms with E-state index in [1.807, 2.05) is 0 Å². The lowest BCUT2D eigenvalue weighted by molar-refractivity contribution is 0.195. The molecule has 82 valence electrons. The number of aliphatic hydroxyl groups excluding tert-OH is 1. The summed E-state index contributed by atoms with van der Waals surface area (Å²) in [7, 11) is 1.56. The van der Waals surface area contributed by atoms with Gasteiger partial charge in [0.05, 0.1) is 13.7 Å². The van der Waals surface area contributed by atoms with Crippen molar-refractivity contribution in [3.8, 4) is 11.5 Å². The summed E-state index contributed by atoms with van der Waals surface area (Å²) in [5, 5.41) is 10.8. The highest BCUT2D eigenvalue weighted by molar-refractivity contribution is 5.70. The van der Waals surface area contributed by atoms with Gasteiger partial charge in [-0.05, 0) is 24.3 Å². The van der Waals surface area contributed by atoms with E-state index in [2.05, 4.69) is 5.32 Å². The minimum atomic E-state index is -0.589. The van der Waals surface area contributed by atoms with E-state index in [4.69, 9.17) is 14.6 Å². The smallest absolute Gasteiger partial charge is 0.412 e. The van der Waals surface area contributed by atoms with Gasteiger partial charge >= 0.3 is 6.09 Å². The summed E-state index contributed by atoms with van der Waals surface area (Å²) in [6, 6.07) is 6.62. The molecule has 1 amide bonds. The molecular weight excluding hydrogens is 198 g/mol. The van der Waals surface area contributed by atoms with Crippen LogP contribution in [0.3, 0.4) is 0 Å². The van der Waals surface area contributed by atoms with Gasteiger partial charge in [-0.3, -0.25) is 0 Å². The predicted octanol–water partition coefficient (Wildman–Crippen LogP) is 0.776. The van der Waals surface area contributed by atoms with Gasteiger partial charge in [-0.15, -0.1) is 0 Å². The summed E-state index contributed by atoms with van der Waals surface area (Å²) >= 11 is 0. The van der Waals surface area contributed by atoms with E-state index < -0.39 is 6.09 Å². The maximum atomic E-state index is 11.1. The molecule has 0 spiro atoms. The van der Waals surface area contributed by atoms with E-state index in [1.165, 1.54) is 0 Å². The van der Waals surface area contributed by atoms with Crippen LogP contribution in [0.2, 0.25) is 0 Å². The van der Waals surface area contributed by atoms with E-state index in [1.54, 1.807) is 31.4 Å². The average Bonchev–Trinajstić information content (AvgIpc) is 2.27. The van der Waals surface area contributed by atoms with Crippen LogP contribution in [0.5, 0.6) is 11.5 Å². The molecule has 5 nitrogen and oxygen atoms in total. The van der Waals surface area contributed by atoms with Crippen LogP contribution in [-0.4, -0.2) is 31.5 Å². The lowest BCUT2D eigenvalue weighted by atomic mass is 10.3. The van der Waals surface area contributed by atoms with Gasteiger partial charge in [-0.1, -0.05) is 0 Å². The third kappa shape index (κ3) is 3.86. The first kappa shape index (κ1) is 11.3. The maximum absolute atomic E-state index is 11.1. The van der Waals surface area contributed by atoms with E-state index in [0.717, 1.165) is 0 Å². The molecule has 2 N–H and O–H groups in total. The molecule has 0 saturated carbocycles. The van der Waals surface area contributed by atoms with Gasteiger partial charge in [-0.25, -0.2) is 4.79 Å². The number of carbonyl (C=O) groups is 1. The highest BCUT2D eigenvalue weighted by Gasteiger charge is 2.02. The Morgan fingerprint density at radius 3 is 2.47 bits per heavy atom. The van der Waals surface area contributed by atoms with Gasteiger partial charge in [0.15, 0.2) is 0 Å². The quantitative estimate of drug-likeness (QED) is 0.772. The molecule has 0 saturated heterocycles. The molecule has 0 atom stereocenters. The number of carbonyl (C=O) groups excluding carboxylic acids is 1. The lowest BCUT2D eigenvalue weighted by Crippen LogP contribution is -2.29. The molecule has 5 heteroatoms. The molecule has 1 rings (SSSR count). The van der Waals surface area contributed by atoms with Crippen molar-refractivity contribution in [3.05, 3.63) is 24.3 Å². The van der Waals surface area contributed by atoms with Crippen molar-refractivity contribution in [3.63, 3.8) is 0 Å².